The molecule has 2 bridgehead atoms. The molecule has 3 unspecified atom stereocenters. The molecule has 2 aliphatic rings. The van der Waals surface area contributed by atoms with Gasteiger partial charge in [0.25, 0.3) is 0 Å². The van der Waals surface area contributed by atoms with Crippen LogP contribution in [0.1, 0.15) is 26.7 Å². The van der Waals surface area contributed by atoms with Crippen molar-refractivity contribution in [2.75, 3.05) is 0 Å². The Morgan fingerprint density at radius 3 is 2.45 bits per heavy atom. The van der Waals surface area contributed by atoms with Crippen LogP contribution in [0.4, 0.5) is 0 Å². The summed E-state index contributed by atoms with van der Waals surface area (Å²) in [5.74, 6) is 1.43. The first kappa shape index (κ1) is 7.67. The fraction of sp³-hybridized carbons (Fsp3) is 0.800. The van der Waals surface area contributed by atoms with Gasteiger partial charge >= 0.3 is 0 Å². The monoisotopic (exact) mass is 170 g/mol. The number of fused-ring (bicyclic) bond motifs is 2. The summed E-state index contributed by atoms with van der Waals surface area (Å²) < 4.78 is 0. The maximum Gasteiger partial charge on any atom is 0.0404 e. The van der Waals surface area contributed by atoms with Crippen LogP contribution in [0.3, 0.4) is 0 Å². The average Bonchev–Trinajstić information content (AvgIpc) is 2.36. The summed E-state index contributed by atoms with van der Waals surface area (Å²) in [6.45, 7) is 8.77. The first-order valence-electron chi connectivity index (χ1n) is 4.37. The molecule has 2 rings (SSSR count). The van der Waals surface area contributed by atoms with Crippen molar-refractivity contribution >= 4 is 11.6 Å². The summed E-state index contributed by atoms with van der Waals surface area (Å²) in [4.78, 5) is 0. The van der Waals surface area contributed by atoms with Gasteiger partial charge in [0.05, 0.1) is 0 Å². The number of allylic oxidation sites excluding steroid dienone is 1. The molecule has 0 nitrogen and oxygen atoms in total. The van der Waals surface area contributed by atoms with Gasteiger partial charge in [-0.2, -0.15) is 0 Å². The van der Waals surface area contributed by atoms with E-state index in [1.165, 1.54) is 18.4 Å². The SMILES string of the molecule is C=C1C2CC(CC2Cl)C1(C)C. The number of halogens is 1. The van der Waals surface area contributed by atoms with E-state index in [-0.39, 0.29) is 0 Å². The molecule has 2 fully saturated rings. The van der Waals surface area contributed by atoms with E-state index in [4.69, 9.17) is 11.6 Å². The zero-order chi connectivity index (χ0) is 8.22. The fourth-order valence-electron chi connectivity index (χ4n) is 2.68. The van der Waals surface area contributed by atoms with Crippen molar-refractivity contribution in [3.05, 3.63) is 12.2 Å². The average molecular weight is 171 g/mol. The zero-order valence-electron chi connectivity index (χ0n) is 7.23. The zero-order valence-corrected chi connectivity index (χ0v) is 7.99. The Kier molecular flexibility index (Phi) is 1.42. The van der Waals surface area contributed by atoms with E-state index in [1.54, 1.807) is 0 Å². The first-order valence-corrected chi connectivity index (χ1v) is 4.80. The van der Waals surface area contributed by atoms with Gasteiger partial charge < -0.3 is 0 Å². The molecular weight excluding hydrogens is 156 g/mol. The van der Waals surface area contributed by atoms with Gasteiger partial charge in [0.2, 0.25) is 0 Å². The molecule has 0 aromatic rings. The summed E-state index contributed by atoms with van der Waals surface area (Å²) in [7, 11) is 0. The lowest BCUT2D eigenvalue weighted by molar-refractivity contribution is 0.291. The first-order chi connectivity index (χ1) is 5.03. The van der Waals surface area contributed by atoms with Crippen LogP contribution in [0.25, 0.3) is 0 Å². The van der Waals surface area contributed by atoms with Crippen LogP contribution in [0, 0.1) is 17.3 Å². The van der Waals surface area contributed by atoms with E-state index < -0.39 is 0 Å². The van der Waals surface area contributed by atoms with Crippen LogP contribution in [0.2, 0.25) is 0 Å². The van der Waals surface area contributed by atoms with Crippen LogP contribution >= 0.6 is 11.6 Å². The normalized spacial score (nSPS) is 46.8. The lowest BCUT2D eigenvalue weighted by Crippen LogP contribution is -2.27. The van der Waals surface area contributed by atoms with Gasteiger partial charge in [-0.3, -0.25) is 0 Å². The Hall–Kier alpha value is 0.0300. The third kappa shape index (κ3) is 0.823. The highest BCUT2D eigenvalue weighted by atomic mass is 35.5. The van der Waals surface area contributed by atoms with Gasteiger partial charge in [0, 0.05) is 5.38 Å². The fourth-order valence-corrected chi connectivity index (χ4v) is 3.15. The van der Waals surface area contributed by atoms with Crippen LogP contribution in [-0.4, -0.2) is 5.38 Å². The predicted molar refractivity (Wildman–Crippen MR) is 48.8 cm³/mol. The highest BCUT2D eigenvalue weighted by molar-refractivity contribution is 6.21. The molecule has 0 N–H and O–H groups in total. The molecule has 0 radical (unpaired) electrons. The van der Waals surface area contributed by atoms with E-state index in [2.05, 4.69) is 20.4 Å². The topological polar surface area (TPSA) is 0 Å². The second-order valence-corrected chi connectivity index (χ2v) is 5.10. The molecule has 11 heavy (non-hydrogen) atoms. The molecule has 2 aliphatic carbocycles. The lowest BCUT2D eigenvalue weighted by Gasteiger charge is -2.34. The molecule has 0 amide bonds. The summed E-state index contributed by atoms with van der Waals surface area (Å²) in [6.07, 6.45) is 2.50. The van der Waals surface area contributed by atoms with E-state index in [0.717, 1.165) is 5.92 Å². The van der Waals surface area contributed by atoms with Crippen molar-refractivity contribution in [1.82, 2.24) is 0 Å². The van der Waals surface area contributed by atoms with E-state index in [9.17, 15) is 0 Å². The summed E-state index contributed by atoms with van der Waals surface area (Å²) in [5.41, 5.74) is 1.77. The van der Waals surface area contributed by atoms with Gasteiger partial charge in [-0.1, -0.05) is 26.0 Å². The summed E-state index contributed by atoms with van der Waals surface area (Å²) in [6, 6.07) is 0. The molecule has 0 saturated heterocycles. The molecule has 0 heterocycles. The Balaban J connectivity index is 2.32. The van der Waals surface area contributed by atoms with Crippen molar-refractivity contribution in [2.24, 2.45) is 17.3 Å². The minimum atomic E-state index is 0.371. The molecule has 1 heteroatoms. The minimum absolute atomic E-state index is 0.371. The molecular formula is C10H15Cl. The van der Waals surface area contributed by atoms with Crippen LogP contribution in [-0.2, 0) is 0 Å². The van der Waals surface area contributed by atoms with E-state index in [1.807, 2.05) is 0 Å². The summed E-state index contributed by atoms with van der Waals surface area (Å²) >= 11 is 6.17. The highest BCUT2D eigenvalue weighted by Crippen LogP contribution is 2.59. The van der Waals surface area contributed by atoms with Gasteiger partial charge in [-0.25, -0.2) is 0 Å². The van der Waals surface area contributed by atoms with Crippen molar-refractivity contribution < 1.29 is 0 Å². The predicted octanol–water partition coefficient (Wildman–Crippen LogP) is 3.22. The number of rotatable bonds is 0. The van der Waals surface area contributed by atoms with Crippen LogP contribution < -0.4 is 0 Å². The Morgan fingerprint density at radius 2 is 2.09 bits per heavy atom. The quantitative estimate of drug-likeness (QED) is 0.387. The minimum Gasteiger partial charge on any atom is -0.122 e. The molecule has 0 aromatic heterocycles. The second kappa shape index (κ2) is 2.04. The molecule has 3 atom stereocenters. The maximum atomic E-state index is 6.17. The Morgan fingerprint density at radius 1 is 1.45 bits per heavy atom. The number of alkyl halides is 1. The second-order valence-electron chi connectivity index (χ2n) is 4.54. The van der Waals surface area contributed by atoms with Gasteiger partial charge in [0.15, 0.2) is 0 Å². The lowest BCUT2D eigenvalue weighted by atomic mass is 9.73. The third-order valence-corrected chi connectivity index (χ3v) is 4.26. The van der Waals surface area contributed by atoms with E-state index in [0.29, 0.717) is 16.7 Å². The van der Waals surface area contributed by atoms with Crippen LogP contribution in [0.15, 0.2) is 12.2 Å². The molecule has 2 saturated carbocycles. The van der Waals surface area contributed by atoms with Crippen molar-refractivity contribution in [3.63, 3.8) is 0 Å². The van der Waals surface area contributed by atoms with Crippen molar-refractivity contribution in [1.29, 1.82) is 0 Å². The van der Waals surface area contributed by atoms with Crippen molar-refractivity contribution in [2.45, 2.75) is 32.1 Å². The highest BCUT2D eigenvalue weighted by Gasteiger charge is 2.52. The smallest absolute Gasteiger partial charge is 0.0404 e. The summed E-state index contributed by atoms with van der Waals surface area (Å²) in [5, 5.41) is 0.389. The third-order valence-electron chi connectivity index (χ3n) is 3.78. The molecule has 0 aliphatic heterocycles. The Bertz CT molecular complexity index is 205. The largest absolute Gasteiger partial charge is 0.122 e. The van der Waals surface area contributed by atoms with Crippen LogP contribution in [0.5, 0.6) is 0 Å². The standard InChI is InChI=1S/C10H15Cl/c1-6-8-4-7(5-9(8)11)10(6,2)3/h7-9H,1,4-5H2,2-3H3. The number of hydrogen-bond acceptors (Lipinski definition) is 0. The van der Waals surface area contributed by atoms with Crippen molar-refractivity contribution in [3.8, 4) is 0 Å². The molecule has 62 valence electrons. The van der Waals surface area contributed by atoms with Gasteiger partial charge in [0.1, 0.15) is 0 Å². The Labute approximate surface area is 73.6 Å². The van der Waals surface area contributed by atoms with Gasteiger partial charge in [-0.15, -0.1) is 11.6 Å². The molecule has 0 aromatic carbocycles. The molecule has 0 spiro atoms. The van der Waals surface area contributed by atoms with E-state index >= 15 is 0 Å². The van der Waals surface area contributed by atoms with Gasteiger partial charge in [-0.05, 0) is 30.1 Å². The maximum absolute atomic E-state index is 6.17. The number of hydrogen-bond donors (Lipinski definition) is 0.